The maximum Gasteiger partial charge on any atom is 0.323 e. The molecule has 2 aliphatic heterocycles. The molecule has 20 heavy (non-hydrogen) atoms. The molecule has 0 aromatic rings. The predicted octanol–water partition coefficient (Wildman–Crippen LogP) is 2.81. The third kappa shape index (κ3) is 2.37. The predicted molar refractivity (Wildman–Crippen MR) is 76.8 cm³/mol. The maximum atomic E-state index is 11.8. The van der Waals surface area contributed by atoms with Crippen molar-refractivity contribution in [2.45, 2.75) is 81.9 Å². The van der Waals surface area contributed by atoms with Crippen LogP contribution < -0.4 is 0 Å². The standard InChI is InChI=1S/C16H27NO3/c1-15(14(18)19)7-4-5-10-17(15)13-6-11-20-16(12-13)8-2-3-9-16/h13H,2-12H2,1H3,(H,18,19). The quantitative estimate of drug-likeness (QED) is 0.845. The number of carboxylic acid groups (broad SMARTS) is 1. The molecule has 3 aliphatic rings. The Labute approximate surface area is 121 Å². The molecule has 0 amide bonds. The van der Waals surface area contributed by atoms with E-state index in [1.807, 2.05) is 6.92 Å². The zero-order chi connectivity index (χ0) is 14.2. The van der Waals surface area contributed by atoms with Crippen molar-refractivity contribution in [3.8, 4) is 0 Å². The van der Waals surface area contributed by atoms with E-state index in [0.717, 1.165) is 45.3 Å². The first kappa shape index (κ1) is 14.3. The fraction of sp³-hybridized carbons (Fsp3) is 0.938. The Hall–Kier alpha value is -0.610. The minimum absolute atomic E-state index is 0.0692. The van der Waals surface area contributed by atoms with Crippen LogP contribution in [0.2, 0.25) is 0 Å². The van der Waals surface area contributed by atoms with E-state index in [0.29, 0.717) is 6.04 Å². The Balaban J connectivity index is 1.77. The number of carbonyl (C=O) groups is 1. The van der Waals surface area contributed by atoms with Crippen molar-refractivity contribution in [1.29, 1.82) is 0 Å². The highest BCUT2D eigenvalue weighted by Crippen LogP contribution is 2.43. The van der Waals surface area contributed by atoms with Crippen LogP contribution in [0.3, 0.4) is 0 Å². The Morgan fingerprint density at radius 3 is 2.60 bits per heavy atom. The van der Waals surface area contributed by atoms with Gasteiger partial charge in [-0.15, -0.1) is 0 Å². The van der Waals surface area contributed by atoms with Crippen LogP contribution in [0, 0.1) is 0 Å². The van der Waals surface area contributed by atoms with E-state index in [4.69, 9.17) is 4.74 Å². The molecule has 0 bridgehead atoms. The van der Waals surface area contributed by atoms with E-state index in [2.05, 4.69) is 4.90 Å². The summed E-state index contributed by atoms with van der Waals surface area (Å²) in [5.74, 6) is -0.649. The first-order valence-corrected chi connectivity index (χ1v) is 8.20. The van der Waals surface area contributed by atoms with Crippen LogP contribution in [0.1, 0.15) is 64.7 Å². The van der Waals surface area contributed by atoms with Gasteiger partial charge in [0.25, 0.3) is 0 Å². The van der Waals surface area contributed by atoms with Gasteiger partial charge in [0.1, 0.15) is 5.54 Å². The number of aliphatic carboxylic acids is 1. The van der Waals surface area contributed by atoms with Crippen LogP contribution in [0.4, 0.5) is 0 Å². The van der Waals surface area contributed by atoms with Gasteiger partial charge in [0.15, 0.2) is 0 Å². The van der Waals surface area contributed by atoms with Gasteiger partial charge in [0.2, 0.25) is 0 Å². The molecule has 4 nitrogen and oxygen atoms in total. The molecule has 4 heteroatoms. The molecular formula is C16H27NO3. The zero-order valence-electron chi connectivity index (χ0n) is 12.6. The van der Waals surface area contributed by atoms with Crippen molar-refractivity contribution >= 4 is 5.97 Å². The van der Waals surface area contributed by atoms with Gasteiger partial charge in [0.05, 0.1) is 5.60 Å². The first-order chi connectivity index (χ1) is 9.56. The van der Waals surface area contributed by atoms with Crippen LogP contribution >= 0.6 is 0 Å². The van der Waals surface area contributed by atoms with Crippen molar-refractivity contribution < 1.29 is 14.6 Å². The van der Waals surface area contributed by atoms with E-state index in [9.17, 15) is 9.90 Å². The summed E-state index contributed by atoms with van der Waals surface area (Å²) in [6.07, 6.45) is 9.85. The van der Waals surface area contributed by atoms with E-state index in [-0.39, 0.29) is 5.60 Å². The molecule has 114 valence electrons. The molecule has 1 aliphatic carbocycles. The smallest absolute Gasteiger partial charge is 0.323 e. The zero-order valence-corrected chi connectivity index (χ0v) is 12.6. The monoisotopic (exact) mass is 281 g/mol. The molecule has 1 saturated carbocycles. The molecule has 1 N–H and O–H groups in total. The Kier molecular flexibility index (Phi) is 3.80. The van der Waals surface area contributed by atoms with Crippen LogP contribution in [0.25, 0.3) is 0 Å². The second-order valence-electron chi connectivity index (χ2n) is 7.11. The molecule has 1 spiro atoms. The molecule has 2 unspecified atom stereocenters. The lowest BCUT2D eigenvalue weighted by Crippen LogP contribution is -2.61. The average molecular weight is 281 g/mol. The molecule has 3 fully saturated rings. The number of rotatable bonds is 2. The van der Waals surface area contributed by atoms with Gasteiger partial charge in [0, 0.05) is 12.6 Å². The van der Waals surface area contributed by atoms with Crippen molar-refractivity contribution in [3.05, 3.63) is 0 Å². The number of ether oxygens (including phenoxy) is 1. The van der Waals surface area contributed by atoms with Gasteiger partial charge in [-0.1, -0.05) is 12.8 Å². The van der Waals surface area contributed by atoms with Gasteiger partial charge >= 0.3 is 5.97 Å². The first-order valence-electron chi connectivity index (χ1n) is 8.20. The van der Waals surface area contributed by atoms with Crippen molar-refractivity contribution in [1.82, 2.24) is 4.90 Å². The number of hydrogen-bond acceptors (Lipinski definition) is 3. The SMILES string of the molecule is CC1(C(=O)O)CCCCN1C1CCOC2(CCCC2)C1. The van der Waals surface area contributed by atoms with Gasteiger partial charge in [-0.05, 0) is 58.4 Å². The topological polar surface area (TPSA) is 49.8 Å². The minimum atomic E-state index is -0.667. The lowest BCUT2D eigenvalue weighted by molar-refractivity contribution is -0.163. The Morgan fingerprint density at radius 2 is 1.90 bits per heavy atom. The molecular weight excluding hydrogens is 254 g/mol. The molecule has 0 radical (unpaired) electrons. The largest absolute Gasteiger partial charge is 0.480 e. The third-order valence-electron chi connectivity index (χ3n) is 5.83. The highest BCUT2D eigenvalue weighted by molar-refractivity contribution is 5.78. The fourth-order valence-corrected chi connectivity index (χ4v) is 4.59. The summed E-state index contributed by atoms with van der Waals surface area (Å²) >= 11 is 0. The molecule has 0 aromatic heterocycles. The van der Waals surface area contributed by atoms with E-state index >= 15 is 0 Å². The number of piperidine rings is 1. The second-order valence-corrected chi connectivity index (χ2v) is 7.11. The van der Waals surface area contributed by atoms with Gasteiger partial charge in [-0.3, -0.25) is 9.69 Å². The number of hydrogen-bond donors (Lipinski definition) is 1. The minimum Gasteiger partial charge on any atom is -0.480 e. The summed E-state index contributed by atoms with van der Waals surface area (Å²) in [5, 5.41) is 9.68. The van der Waals surface area contributed by atoms with Crippen molar-refractivity contribution in [2.75, 3.05) is 13.2 Å². The highest BCUT2D eigenvalue weighted by atomic mass is 16.5. The molecule has 2 saturated heterocycles. The van der Waals surface area contributed by atoms with E-state index in [1.165, 1.54) is 25.7 Å². The fourth-order valence-electron chi connectivity index (χ4n) is 4.59. The summed E-state index contributed by atoms with van der Waals surface area (Å²) < 4.78 is 6.10. The summed E-state index contributed by atoms with van der Waals surface area (Å²) in [6, 6.07) is 0.392. The van der Waals surface area contributed by atoms with E-state index in [1.54, 1.807) is 0 Å². The Bertz CT molecular complexity index is 378. The summed E-state index contributed by atoms with van der Waals surface area (Å²) in [7, 11) is 0. The number of nitrogens with zero attached hydrogens (tertiary/aromatic N) is 1. The highest BCUT2D eigenvalue weighted by Gasteiger charge is 2.48. The molecule has 0 aromatic carbocycles. The van der Waals surface area contributed by atoms with Crippen molar-refractivity contribution in [3.63, 3.8) is 0 Å². The normalized spacial score (nSPS) is 38.1. The maximum absolute atomic E-state index is 11.8. The van der Waals surface area contributed by atoms with Crippen LogP contribution in [-0.4, -0.2) is 46.3 Å². The second kappa shape index (κ2) is 5.30. The molecule has 2 heterocycles. The number of likely N-dealkylation sites (tertiary alicyclic amines) is 1. The summed E-state index contributed by atoms with van der Waals surface area (Å²) in [6.45, 7) is 3.66. The summed E-state index contributed by atoms with van der Waals surface area (Å²) in [5.41, 5.74) is -0.597. The lowest BCUT2D eigenvalue weighted by atomic mass is 9.82. The lowest BCUT2D eigenvalue weighted by Gasteiger charge is -2.50. The van der Waals surface area contributed by atoms with Crippen LogP contribution in [0.15, 0.2) is 0 Å². The number of carboxylic acids is 1. The summed E-state index contributed by atoms with van der Waals surface area (Å²) in [4.78, 5) is 14.1. The Morgan fingerprint density at radius 1 is 1.20 bits per heavy atom. The van der Waals surface area contributed by atoms with E-state index < -0.39 is 11.5 Å². The third-order valence-corrected chi connectivity index (χ3v) is 5.83. The molecule has 3 rings (SSSR count). The molecule has 2 atom stereocenters. The van der Waals surface area contributed by atoms with Crippen LogP contribution in [-0.2, 0) is 9.53 Å². The average Bonchev–Trinajstić information content (AvgIpc) is 2.87. The van der Waals surface area contributed by atoms with Gasteiger partial charge in [-0.25, -0.2) is 0 Å². The van der Waals surface area contributed by atoms with Crippen LogP contribution in [0.5, 0.6) is 0 Å². The van der Waals surface area contributed by atoms with Gasteiger partial charge in [-0.2, -0.15) is 0 Å². The van der Waals surface area contributed by atoms with Crippen molar-refractivity contribution in [2.24, 2.45) is 0 Å². The van der Waals surface area contributed by atoms with Gasteiger partial charge < -0.3 is 9.84 Å².